The van der Waals surface area contributed by atoms with Crippen molar-refractivity contribution in [3.8, 4) is 0 Å². The molecule has 1 N–H and O–H groups in total. The fourth-order valence-electron chi connectivity index (χ4n) is 1.50. The standard InChI is InChI=1S/C13H17ClO6S2/c1-9(13(15)16)7-10-5-6-11(8-12(10)14)21(3,4)20-22(17,18)19-2/h5-8H,1-4H3,(H,15,16). The first-order valence-corrected chi connectivity index (χ1v) is 10.0. The van der Waals surface area contributed by atoms with Crippen molar-refractivity contribution in [3.05, 3.63) is 34.4 Å². The minimum Gasteiger partial charge on any atom is -0.478 e. The number of aliphatic carboxylic acids is 1. The number of halogens is 1. The highest BCUT2D eigenvalue weighted by atomic mass is 35.5. The zero-order chi connectivity index (χ0) is 17.1. The number of carboxylic acid groups (broad SMARTS) is 1. The van der Waals surface area contributed by atoms with E-state index in [1.54, 1.807) is 30.7 Å². The smallest absolute Gasteiger partial charge is 0.409 e. The molecule has 0 aliphatic carbocycles. The highest BCUT2D eigenvalue weighted by Gasteiger charge is 2.25. The normalized spacial score (nSPS) is 14.0. The van der Waals surface area contributed by atoms with Gasteiger partial charge in [-0.25, -0.2) is 4.79 Å². The van der Waals surface area contributed by atoms with Gasteiger partial charge in [0.1, 0.15) is 0 Å². The van der Waals surface area contributed by atoms with Crippen molar-refractivity contribution in [1.29, 1.82) is 0 Å². The fourth-order valence-corrected chi connectivity index (χ4v) is 4.80. The van der Waals surface area contributed by atoms with Gasteiger partial charge in [0.05, 0.1) is 7.11 Å². The summed E-state index contributed by atoms with van der Waals surface area (Å²) in [5.74, 6) is -1.04. The van der Waals surface area contributed by atoms with Crippen molar-refractivity contribution < 1.29 is 26.1 Å². The molecule has 0 unspecified atom stereocenters. The summed E-state index contributed by atoms with van der Waals surface area (Å²) in [6.07, 6.45) is 4.70. The van der Waals surface area contributed by atoms with Crippen LogP contribution in [0.3, 0.4) is 0 Å². The van der Waals surface area contributed by atoms with E-state index in [-0.39, 0.29) is 5.57 Å². The van der Waals surface area contributed by atoms with Gasteiger partial charge in [0.2, 0.25) is 0 Å². The summed E-state index contributed by atoms with van der Waals surface area (Å²) in [6, 6.07) is 4.82. The fraction of sp³-hybridized carbons (Fsp3) is 0.308. The Kier molecular flexibility index (Phi) is 6.05. The van der Waals surface area contributed by atoms with Crippen molar-refractivity contribution in [2.24, 2.45) is 0 Å². The van der Waals surface area contributed by atoms with E-state index in [0.717, 1.165) is 7.11 Å². The van der Waals surface area contributed by atoms with Gasteiger partial charge in [-0.2, -0.15) is 12.0 Å². The number of hydrogen-bond acceptors (Lipinski definition) is 5. The molecule has 1 aromatic rings. The first kappa shape index (κ1) is 19.0. The van der Waals surface area contributed by atoms with Crippen LogP contribution >= 0.6 is 21.9 Å². The lowest BCUT2D eigenvalue weighted by Crippen LogP contribution is -2.11. The quantitative estimate of drug-likeness (QED) is 0.776. The maximum atomic E-state index is 11.4. The molecule has 9 heteroatoms. The molecule has 0 heterocycles. The first-order valence-electron chi connectivity index (χ1n) is 5.94. The molecule has 0 radical (unpaired) electrons. The molecule has 0 aromatic heterocycles. The summed E-state index contributed by atoms with van der Waals surface area (Å²) in [7, 11) is -5.21. The zero-order valence-corrected chi connectivity index (χ0v) is 14.9. The Labute approximate surface area is 136 Å². The largest absolute Gasteiger partial charge is 0.478 e. The second kappa shape index (κ2) is 7.01. The molecule has 0 fully saturated rings. The van der Waals surface area contributed by atoms with Crippen LogP contribution < -0.4 is 0 Å². The van der Waals surface area contributed by atoms with Gasteiger partial charge < -0.3 is 5.11 Å². The Morgan fingerprint density at radius 2 is 1.91 bits per heavy atom. The second-order valence-electron chi connectivity index (χ2n) is 4.69. The van der Waals surface area contributed by atoms with Gasteiger partial charge in [0, 0.05) is 15.5 Å². The van der Waals surface area contributed by atoms with E-state index in [2.05, 4.69) is 4.18 Å². The van der Waals surface area contributed by atoms with E-state index in [0.29, 0.717) is 15.5 Å². The number of rotatable bonds is 6. The molecule has 0 aliphatic heterocycles. The Bertz CT molecular complexity index is 709. The Morgan fingerprint density at radius 1 is 1.32 bits per heavy atom. The van der Waals surface area contributed by atoms with E-state index >= 15 is 0 Å². The van der Waals surface area contributed by atoms with Crippen LogP contribution in [0, 0.1) is 0 Å². The summed E-state index contributed by atoms with van der Waals surface area (Å²) >= 11 is 6.13. The van der Waals surface area contributed by atoms with Crippen LogP contribution in [-0.2, 0) is 23.0 Å². The molecule has 1 rings (SSSR count). The van der Waals surface area contributed by atoms with Crippen molar-refractivity contribution >= 4 is 44.4 Å². The van der Waals surface area contributed by atoms with Crippen LogP contribution in [0.5, 0.6) is 0 Å². The van der Waals surface area contributed by atoms with Crippen molar-refractivity contribution in [2.75, 3.05) is 19.6 Å². The van der Waals surface area contributed by atoms with Gasteiger partial charge in [-0.15, -0.1) is 0 Å². The number of benzene rings is 1. The van der Waals surface area contributed by atoms with E-state index < -0.39 is 26.7 Å². The minimum absolute atomic E-state index is 0.138. The van der Waals surface area contributed by atoms with E-state index in [4.69, 9.17) is 20.3 Å². The summed E-state index contributed by atoms with van der Waals surface area (Å²) in [4.78, 5) is 11.4. The molecule has 1 aromatic carbocycles. The molecule has 0 saturated carbocycles. The molecule has 0 amide bonds. The first-order chi connectivity index (χ1) is 9.98. The minimum atomic E-state index is -4.07. The second-order valence-corrected chi connectivity index (χ2v) is 9.73. The lowest BCUT2D eigenvalue weighted by Gasteiger charge is -2.29. The molecule has 0 aliphatic rings. The van der Waals surface area contributed by atoms with Crippen LogP contribution in [0.4, 0.5) is 0 Å². The molecule has 0 atom stereocenters. The lowest BCUT2D eigenvalue weighted by atomic mass is 10.1. The van der Waals surface area contributed by atoms with Crippen molar-refractivity contribution in [3.63, 3.8) is 0 Å². The number of carboxylic acids is 1. The predicted molar refractivity (Wildman–Crippen MR) is 87.5 cm³/mol. The molecule has 6 nitrogen and oxygen atoms in total. The summed E-state index contributed by atoms with van der Waals surface area (Å²) < 4.78 is 32.2. The van der Waals surface area contributed by atoms with Gasteiger partial charge in [-0.1, -0.05) is 28.0 Å². The maximum Gasteiger partial charge on any atom is 0.409 e. The molecule has 124 valence electrons. The van der Waals surface area contributed by atoms with Gasteiger partial charge in [0.15, 0.2) is 0 Å². The van der Waals surface area contributed by atoms with Crippen LogP contribution in [0.2, 0.25) is 5.02 Å². The Hall–Kier alpha value is -1.06. The molecule has 0 saturated heterocycles. The monoisotopic (exact) mass is 368 g/mol. The molecule has 0 spiro atoms. The number of hydrogen-bond donors (Lipinski definition) is 1. The van der Waals surface area contributed by atoms with Crippen LogP contribution in [0.1, 0.15) is 12.5 Å². The zero-order valence-electron chi connectivity index (χ0n) is 12.5. The molecule has 22 heavy (non-hydrogen) atoms. The predicted octanol–water partition coefficient (Wildman–Crippen LogP) is 3.07. The van der Waals surface area contributed by atoms with Crippen molar-refractivity contribution in [2.45, 2.75) is 11.8 Å². The molecular weight excluding hydrogens is 352 g/mol. The third-order valence-corrected chi connectivity index (χ3v) is 6.86. The highest BCUT2D eigenvalue weighted by molar-refractivity contribution is 8.31. The number of carbonyl (C=O) groups is 1. The summed E-state index contributed by atoms with van der Waals surface area (Å²) in [5, 5.41) is 9.17. The van der Waals surface area contributed by atoms with Crippen molar-refractivity contribution in [1.82, 2.24) is 0 Å². The Morgan fingerprint density at radius 3 is 2.36 bits per heavy atom. The Balaban J connectivity index is 3.18. The van der Waals surface area contributed by atoms with Crippen LogP contribution in [0.25, 0.3) is 6.08 Å². The van der Waals surface area contributed by atoms with Crippen LogP contribution in [-0.4, -0.2) is 39.1 Å². The van der Waals surface area contributed by atoms with Crippen LogP contribution in [0.15, 0.2) is 28.7 Å². The van der Waals surface area contributed by atoms with E-state index in [1.165, 1.54) is 13.0 Å². The maximum absolute atomic E-state index is 11.4. The SMILES string of the molecule is COS(=O)(=O)OS(C)(C)c1ccc(C=C(C)C(=O)O)c(Cl)c1. The summed E-state index contributed by atoms with van der Waals surface area (Å²) in [6.45, 7) is 1.45. The third-order valence-electron chi connectivity index (χ3n) is 2.71. The van der Waals surface area contributed by atoms with E-state index in [9.17, 15) is 13.2 Å². The molecule has 0 bridgehead atoms. The molecular formula is C13H17ClO6S2. The lowest BCUT2D eigenvalue weighted by molar-refractivity contribution is -0.132. The van der Waals surface area contributed by atoms with Gasteiger partial charge in [-0.05, 0) is 43.2 Å². The van der Waals surface area contributed by atoms with Gasteiger partial charge >= 0.3 is 16.4 Å². The highest BCUT2D eigenvalue weighted by Crippen LogP contribution is 2.52. The van der Waals surface area contributed by atoms with Gasteiger partial charge in [-0.3, -0.25) is 4.18 Å². The topological polar surface area (TPSA) is 89.9 Å². The van der Waals surface area contributed by atoms with E-state index in [1.807, 2.05) is 0 Å². The summed E-state index contributed by atoms with van der Waals surface area (Å²) in [5.41, 5.74) is 0.662. The van der Waals surface area contributed by atoms with Gasteiger partial charge in [0.25, 0.3) is 0 Å². The average molecular weight is 369 g/mol. The third kappa shape index (κ3) is 4.99. The average Bonchev–Trinajstić information content (AvgIpc) is 2.39.